The number of hydrogen-bond acceptors (Lipinski definition) is 3. The van der Waals surface area contributed by atoms with Crippen LogP contribution in [0.5, 0.6) is 11.5 Å². The molecule has 1 unspecified atom stereocenters. The summed E-state index contributed by atoms with van der Waals surface area (Å²) in [7, 11) is 0. The Labute approximate surface area is 120 Å². The molecule has 1 spiro atoms. The second-order valence-electron chi connectivity index (χ2n) is 6.71. The highest BCUT2D eigenvalue weighted by molar-refractivity contribution is 5.44. The van der Waals surface area contributed by atoms with Crippen molar-refractivity contribution >= 4 is 0 Å². The molecule has 108 valence electrons. The zero-order chi connectivity index (χ0) is 13.4. The molecule has 0 bridgehead atoms. The summed E-state index contributed by atoms with van der Waals surface area (Å²) in [5.41, 5.74) is 1.68. The van der Waals surface area contributed by atoms with Gasteiger partial charge < -0.3 is 14.8 Å². The monoisotopic (exact) mass is 273 g/mol. The fourth-order valence-corrected chi connectivity index (χ4v) is 3.26. The zero-order valence-electron chi connectivity index (χ0n) is 12.0. The lowest BCUT2D eigenvalue weighted by Gasteiger charge is -2.23. The van der Waals surface area contributed by atoms with Gasteiger partial charge in [0, 0.05) is 11.5 Å². The van der Waals surface area contributed by atoms with E-state index in [9.17, 15) is 0 Å². The van der Waals surface area contributed by atoms with Gasteiger partial charge in [0.05, 0.1) is 13.2 Å². The van der Waals surface area contributed by atoms with E-state index in [1.807, 2.05) is 0 Å². The van der Waals surface area contributed by atoms with E-state index >= 15 is 0 Å². The van der Waals surface area contributed by atoms with Gasteiger partial charge in [-0.25, -0.2) is 0 Å². The number of fused-ring (bicyclic) bond motifs is 1. The van der Waals surface area contributed by atoms with Gasteiger partial charge >= 0.3 is 0 Å². The molecule has 1 saturated heterocycles. The molecule has 2 fully saturated rings. The third-order valence-electron chi connectivity index (χ3n) is 4.93. The summed E-state index contributed by atoms with van der Waals surface area (Å²) in [6, 6.07) is 7.11. The van der Waals surface area contributed by atoms with Crippen LogP contribution in [-0.4, -0.2) is 25.8 Å². The van der Waals surface area contributed by atoms with Crippen molar-refractivity contribution in [1.29, 1.82) is 0 Å². The molecule has 3 nitrogen and oxygen atoms in total. The van der Waals surface area contributed by atoms with Crippen LogP contribution >= 0.6 is 0 Å². The summed E-state index contributed by atoms with van der Waals surface area (Å²) in [6.07, 6.45) is 7.56. The number of hydrogen-bond donors (Lipinski definition) is 1. The minimum atomic E-state index is 0.324. The van der Waals surface area contributed by atoms with Crippen LogP contribution in [0.4, 0.5) is 0 Å². The van der Waals surface area contributed by atoms with Gasteiger partial charge in [-0.05, 0) is 56.3 Å². The molecule has 0 amide bonds. The molecule has 1 saturated carbocycles. The molecule has 1 aromatic carbocycles. The summed E-state index contributed by atoms with van der Waals surface area (Å²) < 4.78 is 11.9. The highest BCUT2D eigenvalue weighted by Crippen LogP contribution is 2.49. The first kappa shape index (κ1) is 12.5. The van der Waals surface area contributed by atoms with Crippen molar-refractivity contribution in [2.75, 3.05) is 19.8 Å². The largest absolute Gasteiger partial charge is 0.489 e. The average molecular weight is 273 g/mol. The van der Waals surface area contributed by atoms with Gasteiger partial charge in [0.25, 0.3) is 0 Å². The van der Waals surface area contributed by atoms with Gasteiger partial charge in [-0.15, -0.1) is 0 Å². The SMILES string of the molecule is c1cc2c(cc1CC1CCCCN1)OCC1(CC1)CO2. The molecular formula is C17H23NO2. The van der Waals surface area contributed by atoms with Gasteiger partial charge in [-0.1, -0.05) is 12.5 Å². The molecule has 4 rings (SSSR count). The number of piperidine rings is 1. The van der Waals surface area contributed by atoms with Gasteiger partial charge in [0.15, 0.2) is 11.5 Å². The minimum absolute atomic E-state index is 0.324. The maximum Gasteiger partial charge on any atom is 0.161 e. The topological polar surface area (TPSA) is 30.5 Å². The van der Waals surface area contributed by atoms with E-state index in [2.05, 4.69) is 23.5 Å². The molecule has 2 heterocycles. The normalized spacial score (nSPS) is 27.1. The molecule has 3 heteroatoms. The smallest absolute Gasteiger partial charge is 0.161 e. The quantitative estimate of drug-likeness (QED) is 0.898. The first-order chi connectivity index (χ1) is 9.83. The standard InChI is InChI=1S/C17H23NO2/c1-2-8-18-14(3-1)9-13-4-5-15-16(10-13)20-12-17(6-7-17)11-19-15/h4-5,10,14,18H,1-3,6-9,11-12H2. The lowest BCUT2D eigenvalue weighted by atomic mass is 9.97. The Hall–Kier alpha value is -1.22. The summed E-state index contributed by atoms with van der Waals surface area (Å²) in [6.45, 7) is 2.81. The van der Waals surface area contributed by atoms with Gasteiger partial charge in [-0.3, -0.25) is 0 Å². The summed E-state index contributed by atoms with van der Waals surface area (Å²) in [4.78, 5) is 0. The van der Waals surface area contributed by atoms with Crippen LogP contribution in [0, 0.1) is 5.41 Å². The Kier molecular flexibility index (Phi) is 3.10. The van der Waals surface area contributed by atoms with Crippen LogP contribution < -0.4 is 14.8 Å². The molecular weight excluding hydrogens is 250 g/mol. The molecule has 3 aliphatic rings. The minimum Gasteiger partial charge on any atom is -0.489 e. The second kappa shape index (κ2) is 4.96. The average Bonchev–Trinajstić information content (AvgIpc) is 3.28. The molecule has 0 aromatic heterocycles. The predicted molar refractivity (Wildman–Crippen MR) is 78.4 cm³/mol. The number of nitrogens with one attached hydrogen (secondary N) is 1. The fourth-order valence-electron chi connectivity index (χ4n) is 3.26. The Balaban J connectivity index is 1.48. The summed E-state index contributed by atoms with van der Waals surface area (Å²) in [5.74, 6) is 1.87. The van der Waals surface area contributed by atoms with Crippen LogP contribution in [-0.2, 0) is 6.42 Å². The third-order valence-corrected chi connectivity index (χ3v) is 4.93. The van der Waals surface area contributed by atoms with Crippen LogP contribution in [0.25, 0.3) is 0 Å². The lowest BCUT2D eigenvalue weighted by molar-refractivity contribution is 0.197. The first-order valence-corrected chi connectivity index (χ1v) is 7.95. The van der Waals surface area contributed by atoms with Crippen LogP contribution in [0.3, 0.4) is 0 Å². The van der Waals surface area contributed by atoms with Crippen molar-refractivity contribution in [2.24, 2.45) is 5.41 Å². The van der Waals surface area contributed by atoms with E-state index in [4.69, 9.17) is 9.47 Å². The van der Waals surface area contributed by atoms with E-state index in [-0.39, 0.29) is 0 Å². The fraction of sp³-hybridized carbons (Fsp3) is 0.647. The van der Waals surface area contributed by atoms with Crippen molar-refractivity contribution in [3.8, 4) is 11.5 Å². The maximum absolute atomic E-state index is 6.01. The van der Waals surface area contributed by atoms with E-state index in [1.165, 1.54) is 37.7 Å². The van der Waals surface area contributed by atoms with Crippen LogP contribution in [0.15, 0.2) is 18.2 Å². The third kappa shape index (κ3) is 2.51. The predicted octanol–water partition coefficient (Wildman–Crippen LogP) is 2.92. The molecule has 20 heavy (non-hydrogen) atoms. The molecule has 1 aromatic rings. The molecule has 0 radical (unpaired) electrons. The van der Waals surface area contributed by atoms with Gasteiger partial charge in [0.1, 0.15) is 0 Å². The highest BCUT2D eigenvalue weighted by atomic mass is 16.5. The van der Waals surface area contributed by atoms with Crippen LogP contribution in [0.1, 0.15) is 37.7 Å². The van der Waals surface area contributed by atoms with Crippen molar-refractivity contribution < 1.29 is 9.47 Å². The Morgan fingerprint density at radius 2 is 1.95 bits per heavy atom. The zero-order valence-corrected chi connectivity index (χ0v) is 12.0. The van der Waals surface area contributed by atoms with E-state index in [1.54, 1.807) is 0 Å². The lowest BCUT2D eigenvalue weighted by Crippen LogP contribution is -2.35. The number of ether oxygens (including phenoxy) is 2. The molecule has 2 aliphatic heterocycles. The van der Waals surface area contributed by atoms with Gasteiger partial charge in [-0.2, -0.15) is 0 Å². The van der Waals surface area contributed by atoms with Crippen molar-refractivity contribution in [2.45, 2.75) is 44.6 Å². The van der Waals surface area contributed by atoms with Gasteiger partial charge in [0.2, 0.25) is 0 Å². The Morgan fingerprint density at radius 3 is 2.70 bits per heavy atom. The van der Waals surface area contributed by atoms with Crippen LogP contribution in [0.2, 0.25) is 0 Å². The maximum atomic E-state index is 6.01. The Morgan fingerprint density at radius 1 is 1.10 bits per heavy atom. The van der Waals surface area contributed by atoms with E-state index in [0.29, 0.717) is 11.5 Å². The second-order valence-corrected chi connectivity index (χ2v) is 6.71. The van der Waals surface area contributed by atoms with Crippen molar-refractivity contribution in [3.05, 3.63) is 23.8 Å². The summed E-state index contributed by atoms with van der Waals surface area (Å²) >= 11 is 0. The van der Waals surface area contributed by atoms with E-state index < -0.39 is 0 Å². The first-order valence-electron chi connectivity index (χ1n) is 7.95. The molecule has 1 N–H and O–H groups in total. The van der Waals surface area contributed by atoms with Crippen molar-refractivity contribution in [3.63, 3.8) is 0 Å². The highest BCUT2D eigenvalue weighted by Gasteiger charge is 2.46. The molecule has 1 aliphatic carbocycles. The number of rotatable bonds is 2. The van der Waals surface area contributed by atoms with Crippen molar-refractivity contribution in [1.82, 2.24) is 5.32 Å². The Bertz CT molecular complexity index is 490. The summed E-state index contributed by atoms with van der Waals surface area (Å²) in [5, 5.41) is 3.61. The molecule has 1 atom stereocenters. The number of benzene rings is 1. The van der Waals surface area contributed by atoms with E-state index in [0.717, 1.165) is 37.7 Å².